The summed E-state index contributed by atoms with van der Waals surface area (Å²) < 4.78 is 7.67. The molecule has 0 spiro atoms. The molecule has 2 heterocycles. The zero-order chi connectivity index (χ0) is 21.3. The van der Waals surface area contributed by atoms with Crippen LogP contribution in [0.25, 0.3) is 11.0 Å². The van der Waals surface area contributed by atoms with Crippen LogP contribution in [0.4, 0.5) is 0 Å². The van der Waals surface area contributed by atoms with Crippen LogP contribution in [-0.4, -0.2) is 44.8 Å². The first-order valence-corrected chi connectivity index (χ1v) is 10.8. The fourth-order valence-electron chi connectivity index (χ4n) is 4.56. The minimum Gasteiger partial charge on any atom is -0.466 e. The summed E-state index contributed by atoms with van der Waals surface area (Å²) in [4.78, 5) is 19.7. The van der Waals surface area contributed by atoms with Gasteiger partial charge in [0.1, 0.15) is 0 Å². The van der Waals surface area contributed by atoms with Gasteiger partial charge in [0.2, 0.25) is 5.88 Å². The summed E-state index contributed by atoms with van der Waals surface area (Å²) in [5, 5.41) is 5.35. The highest BCUT2D eigenvalue weighted by atomic mass is 16.5. The van der Waals surface area contributed by atoms with E-state index in [1.165, 1.54) is 11.1 Å². The number of fused-ring (bicyclic) bond motifs is 2. The molecule has 1 amide bonds. The van der Waals surface area contributed by atoms with Crippen molar-refractivity contribution in [3.05, 3.63) is 52.7 Å². The van der Waals surface area contributed by atoms with Crippen molar-refractivity contribution in [1.29, 1.82) is 0 Å². The molecule has 0 saturated heterocycles. The first-order valence-electron chi connectivity index (χ1n) is 10.8. The van der Waals surface area contributed by atoms with Gasteiger partial charge in [-0.1, -0.05) is 31.2 Å². The van der Waals surface area contributed by atoms with E-state index < -0.39 is 0 Å². The van der Waals surface area contributed by atoms with E-state index in [4.69, 9.17) is 4.74 Å². The molecule has 0 fully saturated rings. The normalized spacial score (nSPS) is 15.8. The Kier molecular flexibility index (Phi) is 5.75. The molecule has 3 aromatic rings. The van der Waals surface area contributed by atoms with Crippen molar-refractivity contribution < 1.29 is 9.53 Å². The third-order valence-corrected chi connectivity index (χ3v) is 5.97. The average molecular weight is 407 g/mol. The standard InChI is InChI=1S/C24H30N4O2/c1-5-12-28(20-11-10-18-8-6-7-9-19(18)14-20)21(29)15-30-24-22-16(2)13-17(3)25-23(22)27(4)26-24/h6-9,13,20H,5,10-12,14-15H2,1-4H3. The zero-order valence-corrected chi connectivity index (χ0v) is 18.3. The van der Waals surface area contributed by atoms with Crippen molar-refractivity contribution in [2.45, 2.75) is 52.5 Å². The SMILES string of the molecule is CCCN(C(=O)COc1nn(C)c2nc(C)cc(C)c12)C1CCc2ccccc2C1. The maximum atomic E-state index is 13.2. The number of pyridine rings is 1. The van der Waals surface area contributed by atoms with E-state index in [0.29, 0.717) is 5.88 Å². The molecular formula is C24H30N4O2. The summed E-state index contributed by atoms with van der Waals surface area (Å²) in [6.45, 7) is 6.85. The number of carbonyl (C=O) groups is 1. The predicted octanol–water partition coefficient (Wildman–Crippen LogP) is 3.76. The van der Waals surface area contributed by atoms with Crippen LogP contribution in [0.5, 0.6) is 5.88 Å². The molecule has 0 aliphatic heterocycles. The monoisotopic (exact) mass is 406 g/mol. The number of nitrogens with zero attached hydrogens (tertiary/aromatic N) is 4. The molecule has 4 rings (SSSR count). The van der Waals surface area contributed by atoms with Gasteiger partial charge in [0.15, 0.2) is 12.3 Å². The number of ether oxygens (including phenoxy) is 1. The second kappa shape index (κ2) is 8.46. The molecule has 1 atom stereocenters. The van der Waals surface area contributed by atoms with E-state index in [1.54, 1.807) is 4.68 Å². The van der Waals surface area contributed by atoms with E-state index in [9.17, 15) is 4.79 Å². The summed E-state index contributed by atoms with van der Waals surface area (Å²) in [5.74, 6) is 0.508. The van der Waals surface area contributed by atoms with Gasteiger partial charge in [-0.05, 0) is 62.3 Å². The Morgan fingerprint density at radius 2 is 2.03 bits per heavy atom. The zero-order valence-electron chi connectivity index (χ0n) is 18.3. The first kappa shape index (κ1) is 20.4. The van der Waals surface area contributed by atoms with Gasteiger partial charge in [-0.25, -0.2) is 9.67 Å². The van der Waals surface area contributed by atoms with Crippen LogP contribution < -0.4 is 4.74 Å². The minimum atomic E-state index is -0.00240. The van der Waals surface area contributed by atoms with Gasteiger partial charge >= 0.3 is 0 Å². The molecule has 0 bridgehead atoms. The number of aromatic nitrogens is 3. The first-order chi connectivity index (χ1) is 14.5. The molecule has 6 nitrogen and oxygen atoms in total. The second-order valence-electron chi connectivity index (χ2n) is 8.25. The van der Waals surface area contributed by atoms with Gasteiger partial charge in [0, 0.05) is 25.3 Å². The van der Waals surface area contributed by atoms with Crippen LogP contribution in [0.1, 0.15) is 42.1 Å². The van der Waals surface area contributed by atoms with E-state index in [1.807, 2.05) is 31.9 Å². The van der Waals surface area contributed by atoms with Crippen molar-refractivity contribution in [3.8, 4) is 5.88 Å². The molecule has 1 aliphatic rings. The highest BCUT2D eigenvalue weighted by Crippen LogP contribution is 2.28. The maximum Gasteiger partial charge on any atom is 0.260 e. The molecule has 2 aromatic heterocycles. The van der Waals surface area contributed by atoms with Crippen LogP contribution in [0, 0.1) is 13.8 Å². The molecule has 0 saturated carbocycles. The van der Waals surface area contributed by atoms with Crippen LogP contribution >= 0.6 is 0 Å². The third-order valence-electron chi connectivity index (χ3n) is 5.97. The quantitative estimate of drug-likeness (QED) is 0.625. The number of benzene rings is 1. The average Bonchev–Trinajstić information content (AvgIpc) is 3.05. The summed E-state index contributed by atoms with van der Waals surface area (Å²) in [6.07, 6.45) is 3.86. The van der Waals surface area contributed by atoms with E-state index in [0.717, 1.165) is 54.5 Å². The Balaban J connectivity index is 1.50. The molecule has 1 aromatic carbocycles. The Morgan fingerprint density at radius 1 is 1.27 bits per heavy atom. The smallest absolute Gasteiger partial charge is 0.260 e. The van der Waals surface area contributed by atoms with Crippen LogP contribution in [0.2, 0.25) is 0 Å². The minimum absolute atomic E-state index is 0.00240. The number of hydrogen-bond donors (Lipinski definition) is 0. The van der Waals surface area contributed by atoms with Gasteiger partial charge in [0.05, 0.1) is 5.39 Å². The topological polar surface area (TPSA) is 60.3 Å². The molecule has 1 unspecified atom stereocenters. The van der Waals surface area contributed by atoms with Gasteiger partial charge in [-0.15, -0.1) is 5.10 Å². The van der Waals surface area contributed by atoms with Gasteiger partial charge in [-0.3, -0.25) is 4.79 Å². The summed E-state index contributed by atoms with van der Waals surface area (Å²) in [5.41, 5.74) is 5.55. The highest BCUT2D eigenvalue weighted by Gasteiger charge is 2.28. The largest absolute Gasteiger partial charge is 0.466 e. The molecule has 158 valence electrons. The molecular weight excluding hydrogens is 376 g/mol. The number of hydrogen-bond acceptors (Lipinski definition) is 4. The molecule has 0 radical (unpaired) electrons. The van der Waals surface area contributed by atoms with Crippen molar-refractivity contribution in [2.75, 3.05) is 13.2 Å². The Labute approximate surface area is 177 Å². The number of carbonyl (C=O) groups excluding carboxylic acids is 1. The lowest BCUT2D eigenvalue weighted by Crippen LogP contribution is -2.45. The maximum absolute atomic E-state index is 13.2. The van der Waals surface area contributed by atoms with Crippen LogP contribution in [0.3, 0.4) is 0 Å². The van der Waals surface area contributed by atoms with Gasteiger partial charge < -0.3 is 9.64 Å². The fourth-order valence-corrected chi connectivity index (χ4v) is 4.56. The van der Waals surface area contributed by atoms with Crippen molar-refractivity contribution in [2.24, 2.45) is 7.05 Å². The lowest BCUT2D eigenvalue weighted by Gasteiger charge is -2.35. The second-order valence-corrected chi connectivity index (χ2v) is 8.25. The lowest BCUT2D eigenvalue weighted by atomic mass is 9.87. The number of aryl methyl sites for hydroxylation is 4. The van der Waals surface area contributed by atoms with Gasteiger partial charge in [-0.2, -0.15) is 0 Å². The number of rotatable bonds is 6. The Bertz CT molecular complexity index is 1070. The molecule has 0 N–H and O–H groups in total. The Hall–Kier alpha value is -2.89. The summed E-state index contributed by atoms with van der Waals surface area (Å²) in [6, 6.07) is 10.8. The lowest BCUT2D eigenvalue weighted by molar-refractivity contribution is -0.136. The third kappa shape index (κ3) is 3.91. The van der Waals surface area contributed by atoms with Gasteiger partial charge in [0.25, 0.3) is 5.91 Å². The van der Waals surface area contributed by atoms with E-state index in [2.05, 4.69) is 41.3 Å². The molecule has 30 heavy (non-hydrogen) atoms. The fraction of sp³-hybridized carbons (Fsp3) is 0.458. The van der Waals surface area contributed by atoms with E-state index >= 15 is 0 Å². The molecule has 1 aliphatic carbocycles. The van der Waals surface area contributed by atoms with Crippen LogP contribution in [0.15, 0.2) is 30.3 Å². The van der Waals surface area contributed by atoms with Crippen LogP contribution in [-0.2, 0) is 24.7 Å². The van der Waals surface area contributed by atoms with Crippen molar-refractivity contribution >= 4 is 16.9 Å². The van der Waals surface area contributed by atoms with Crippen molar-refractivity contribution in [1.82, 2.24) is 19.7 Å². The molecule has 6 heteroatoms. The Morgan fingerprint density at radius 3 is 2.80 bits per heavy atom. The summed E-state index contributed by atoms with van der Waals surface area (Å²) >= 11 is 0. The number of amides is 1. The highest BCUT2D eigenvalue weighted by molar-refractivity contribution is 5.85. The van der Waals surface area contributed by atoms with Crippen molar-refractivity contribution in [3.63, 3.8) is 0 Å². The van der Waals surface area contributed by atoms with E-state index in [-0.39, 0.29) is 18.6 Å². The predicted molar refractivity (Wildman–Crippen MR) is 118 cm³/mol. The summed E-state index contributed by atoms with van der Waals surface area (Å²) in [7, 11) is 1.85.